The summed E-state index contributed by atoms with van der Waals surface area (Å²) in [5.41, 5.74) is 7.70. The second kappa shape index (κ2) is 7.64. The van der Waals surface area contributed by atoms with Gasteiger partial charge in [0.25, 0.3) is 5.91 Å². The van der Waals surface area contributed by atoms with Crippen molar-refractivity contribution in [2.45, 2.75) is 13.8 Å². The standard InChI is InChI=1S/C19H22N2O3/c1-13(2)12-21(18(22)14-7-5-4-6-8-14)17-11-15(20)9-10-16(17)19(23)24-3/h4-11,13H,12,20H2,1-3H3. The van der Waals surface area contributed by atoms with E-state index in [-0.39, 0.29) is 11.8 Å². The third-order valence-corrected chi connectivity index (χ3v) is 3.53. The van der Waals surface area contributed by atoms with Gasteiger partial charge < -0.3 is 15.4 Å². The maximum atomic E-state index is 13.0. The lowest BCUT2D eigenvalue weighted by Crippen LogP contribution is -2.35. The molecule has 0 atom stereocenters. The van der Waals surface area contributed by atoms with Crippen LogP contribution >= 0.6 is 0 Å². The lowest BCUT2D eigenvalue weighted by Gasteiger charge is -2.27. The molecule has 2 N–H and O–H groups in total. The molecule has 0 aliphatic rings. The Kier molecular flexibility index (Phi) is 5.58. The zero-order valence-electron chi connectivity index (χ0n) is 14.2. The van der Waals surface area contributed by atoms with E-state index in [4.69, 9.17) is 10.5 Å². The molecule has 5 heteroatoms. The Morgan fingerprint density at radius 1 is 1.12 bits per heavy atom. The predicted octanol–water partition coefficient (Wildman–Crippen LogP) is 3.36. The topological polar surface area (TPSA) is 72.6 Å². The first-order chi connectivity index (χ1) is 11.4. The zero-order valence-corrected chi connectivity index (χ0v) is 14.2. The smallest absolute Gasteiger partial charge is 0.339 e. The van der Waals surface area contributed by atoms with Crippen LogP contribution in [0.3, 0.4) is 0 Å². The second-order valence-electron chi connectivity index (χ2n) is 5.94. The number of nitrogen functional groups attached to an aromatic ring is 1. The first kappa shape index (κ1) is 17.5. The molecule has 0 aromatic heterocycles. The van der Waals surface area contributed by atoms with Crippen LogP contribution in [0.25, 0.3) is 0 Å². The van der Waals surface area contributed by atoms with Crippen molar-refractivity contribution in [1.29, 1.82) is 0 Å². The van der Waals surface area contributed by atoms with Crippen molar-refractivity contribution in [1.82, 2.24) is 0 Å². The minimum atomic E-state index is -0.500. The number of carbonyl (C=O) groups is 2. The van der Waals surface area contributed by atoms with Crippen molar-refractivity contribution in [2.24, 2.45) is 5.92 Å². The molecule has 0 radical (unpaired) electrons. The molecule has 1 amide bonds. The van der Waals surface area contributed by atoms with Crippen molar-refractivity contribution < 1.29 is 14.3 Å². The predicted molar refractivity (Wildman–Crippen MR) is 95.2 cm³/mol. The van der Waals surface area contributed by atoms with Crippen LogP contribution in [0, 0.1) is 5.92 Å². The van der Waals surface area contributed by atoms with E-state index in [0.29, 0.717) is 29.0 Å². The fourth-order valence-electron chi connectivity index (χ4n) is 2.45. The highest BCUT2D eigenvalue weighted by Gasteiger charge is 2.24. The fraction of sp³-hybridized carbons (Fsp3) is 0.263. The number of methoxy groups -OCH3 is 1. The van der Waals surface area contributed by atoms with Crippen molar-refractivity contribution in [2.75, 3.05) is 24.3 Å². The van der Waals surface area contributed by atoms with E-state index >= 15 is 0 Å². The van der Waals surface area contributed by atoms with E-state index < -0.39 is 5.97 Å². The molecule has 2 aromatic rings. The normalized spacial score (nSPS) is 10.5. The summed E-state index contributed by atoms with van der Waals surface area (Å²) in [6.07, 6.45) is 0. The Bertz CT molecular complexity index is 727. The monoisotopic (exact) mass is 326 g/mol. The summed E-state index contributed by atoms with van der Waals surface area (Å²) in [6, 6.07) is 13.8. The van der Waals surface area contributed by atoms with Gasteiger partial charge in [-0.3, -0.25) is 4.79 Å². The number of anilines is 2. The van der Waals surface area contributed by atoms with Crippen molar-refractivity contribution >= 4 is 23.3 Å². The van der Waals surface area contributed by atoms with E-state index in [1.807, 2.05) is 19.9 Å². The summed E-state index contributed by atoms with van der Waals surface area (Å²) in [5.74, 6) is -0.468. The molecule has 24 heavy (non-hydrogen) atoms. The van der Waals surface area contributed by atoms with E-state index in [1.165, 1.54) is 7.11 Å². The Labute approximate surface area is 142 Å². The number of nitrogens with zero attached hydrogens (tertiary/aromatic N) is 1. The molecule has 2 aromatic carbocycles. The van der Waals surface area contributed by atoms with Crippen LogP contribution in [0.1, 0.15) is 34.6 Å². The first-order valence-corrected chi connectivity index (χ1v) is 7.78. The number of ether oxygens (including phenoxy) is 1. The summed E-state index contributed by atoms with van der Waals surface area (Å²) in [5, 5.41) is 0. The number of hydrogen-bond donors (Lipinski definition) is 1. The maximum absolute atomic E-state index is 13.0. The fourth-order valence-corrected chi connectivity index (χ4v) is 2.45. The minimum Gasteiger partial charge on any atom is -0.465 e. The van der Waals surface area contributed by atoms with Crippen LogP contribution in [-0.2, 0) is 4.74 Å². The van der Waals surface area contributed by atoms with Gasteiger partial charge in [-0.2, -0.15) is 0 Å². The van der Waals surface area contributed by atoms with E-state index in [1.54, 1.807) is 47.4 Å². The lowest BCUT2D eigenvalue weighted by atomic mass is 10.1. The Balaban J connectivity index is 2.54. The van der Waals surface area contributed by atoms with Crippen molar-refractivity contribution in [3.8, 4) is 0 Å². The van der Waals surface area contributed by atoms with Crippen LogP contribution in [0.2, 0.25) is 0 Å². The van der Waals surface area contributed by atoms with E-state index in [0.717, 1.165) is 0 Å². The molecular formula is C19H22N2O3. The molecule has 0 unspecified atom stereocenters. The summed E-state index contributed by atoms with van der Waals surface area (Å²) in [6.45, 7) is 4.48. The summed E-state index contributed by atoms with van der Waals surface area (Å²) in [7, 11) is 1.31. The third kappa shape index (κ3) is 3.93. The summed E-state index contributed by atoms with van der Waals surface area (Å²) < 4.78 is 4.84. The highest BCUT2D eigenvalue weighted by molar-refractivity contribution is 6.10. The van der Waals surface area contributed by atoms with Gasteiger partial charge in [0.05, 0.1) is 18.4 Å². The number of hydrogen-bond acceptors (Lipinski definition) is 4. The number of benzene rings is 2. The molecule has 5 nitrogen and oxygen atoms in total. The van der Waals surface area contributed by atoms with Crippen LogP contribution in [0.4, 0.5) is 11.4 Å². The first-order valence-electron chi connectivity index (χ1n) is 7.78. The van der Waals surface area contributed by atoms with Crippen LogP contribution < -0.4 is 10.6 Å². The number of nitrogens with two attached hydrogens (primary N) is 1. The minimum absolute atomic E-state index is 0.181. The molecule has 0 saturated heterocycles. The maximum Gasteiger partial charge on any atom is 0.339 e. The average molecular weight is 326 g/mol. The molecule has 0 aliphatic heterocycles. The molecular weight excluding hydrogens is 304 g/mol. The van der Waals surface area contributed by atoms with Crippen LogP contribution in [0.15, 0.2) is 48.5 Å². The van der Waals surface area contributed by atoms with Crippen LogP contribution in [0.5, 0.6) is 0 Å². The molecule has 0 saturated carbocycles. The van der Waals surface area contributed by atoms with Gasteiger partial charge in [-0.15, -0.1) is 0 Å². The van der Waals surface area contributed by atoms with Gasteiger partial charge in [-0.25, -0.2) is 4.79 Å². The van der Waals surface area contributed by atoms with Gasteiger partial charge in [0.1, 0.15) is 0 Å². The highest BCUT2D eigenvalue weighted by atomic mass is 16.5. The Hall–Kier alpha value is -2.82. The van der Waals surface area contributed by atoms with Gasteiger partial charge >= 0.3 is 5.97 Å². The van der Waals surface area contributed by atoms with Crippen molar-refractivity contribution in [3.63, 3.8) is 0 Å². The number of rotatable bonds is 5. The van der Waals surface area contributed by atoms with Crippen LogP contribution in [-0.4, -0.2) is 25.5 Å². The SMILES string of the molecule is COC(=O)c1ccc(N)cc1N(CC(C)C)C(=O)c1ccccc1. The summed E-state index contributed by atoms with van der Waals surface area (Å²) >= 11 is 0. The number of carbonyl (C=O) groups excluding carboxylic acids is 2. The molecule has 0 bridgehead atoms. The molecule has 2 rings (SSSR count). The highest BCUT2D eigenvalue weighted by Crippen LogP contribution is 2.27. The van der Waals surface area contributed by atoms with Gasteiger partial charge in [-0.1, -0.05) is 32.0 Å². The number of esters is 1. The van der Waals surface area contributed by atoms with Gasteiger partial charge in [0.2, 0.25) is 0 Å². The lowest BCUT2D eigenvalue weighted by molar-refractivity contribution is 0.0601. The molecule has 0 spiro atoms. The summed E-state index contributed by atoms with van der Waals surface area (Å²) in [4.78, 5) is 26.7. The zero-order chi connectivity index (χ0) is 17.7. The Morgan fingerprint density at radius 3 is 2.38 bits per heavy atom. The molecule has 0 aliphatic carbocycles. The third-order valence-electron chi connectivity index (χ3n) is 3.53. The Morgan fingerprint density at radius 2 is 1.79 bits per heavy atom. The van der Waals surface area contributed by atoms with Gasteiger partial charge in [0.15, 0.2) is 0 Å². The molecule has 0 heterocycles. The number of amides is 1. The quantitative estimate of drug-likeness (QED) is 0.675. The van der Waals surface area contributed by atoms with E-state index in [9.17, 15) is 9.59 Å². The van der Waals surface area contributed by atoms with Crippen molar-refractivity contribution in [3.05, 3.63) is 59.7 Å². The van der Waals surface area contributed by atoms with E-state index in [2.05, 4.69) is 0 Å². The largest absolute Gasteiger partial charge is 0.465 e. The molecule has 0 fully saturated rings. The second-order valence-corrected chi connectivity index (χ2v) is 5.94. The van der Waals surface area contributed by atoms with Gasteiger partial charge in [0, 0.05) is 17.8 Å². The average Bonchev–Trinajstić information content (AvgIpc) is 2.59. The molecule has 126 valence electrons. The van der Waals surface area contributed by atoms with Gasteiger partial charge in [-0.05, 0) is 36.2 Å².